The first-order chi connectivity index (χ1) is 7.34. The molecule has 1 atom stereocenters. The standard InChI is InChI=1S/C11H16FN3/c12-10-5-3-6-11(15-10)14-8-9-4-1-2-7-13-9/h3,5-6,9,13H,1-2,4,7-8H2,(H,14,15). The molecular weight excluding hydrogens is 193 g/mol. The van der Waals surface area contributed by atoms with Crippen LogP contribution in [0.3, 0.4) is 0 Å². The Labute approximate surface area is 89.1 Å². The van der Waals surface area contributed by atoms with Crippen LogP contribution < -0.4 is 10.6 Å². The zero-order valence-corrected chi connectivity index (χ0v) is 8.67. The molecule has 1 aliphatic rings. The highest BCUT2D eigenvalue weighted by Gasteiger charge is 2.11. The number of pyridine rings is 1. The first-order valence-electron chi connectivity index (χ1n) is 5.44. The quantitative estimate of drug-likeness (QED) is 0.745. The number of piperidine rings is 1. The van der Waals surface area contributed by atoms with Crippen LogP contribution in [0.25, 0.3) is 0 Å². The molecule has 1 fully saturated rings. The van der Waals surface area contributed by atoms with Gasteiger partial charge in [-0.1, -0.05) is 12.5 Å². The number of aromatic nitrogens is 1. The molecule has 1 aliphatic heterocycles. The van der Waals surface area contributed by atoms with Gasteiger partial charge in [0.25, 0.3) is 0 Å². The van der Waals surface area contributed by atoms with Crippen LogP contribution in [0.4, 0.5) is 10.2 Å². The Morgan fingerprint density at radius 3 is 3.13 bits per heavy atom. The van der Waals surface area contributed by atoms with Crippen LogP contribution in [0.1, 0.15) is 19.3 Å². The minimum atomic E-state index is -0.434. The Morgan fingerprint density at radius 2 is 2.40 bits per heavy atom. The highest BCUT2D eigenvalue weighted by molar-refractivity contribution is 5.33. The van der Waals surface area contributed by atoms with Crippen molar-refractivity contribution in [3.05, 3.63) is 24.1 Å². The summed E-state index contributed by atoms with van der Waals surface area (Å²) >= 11 is 0. The van der Waals surface area contributed by atoms with Crippen LogP contribution >= 0.6 is 0 Å². The van der Waals surface area contributed by atoms with Crippen LogP contribution in [0.2, 0.25) is 0 Å². The lowest BCUT2D eigenvalue weighted by molar-refractivity contribution is 0.414. The molecule has 2 rings (SSSR count). The number of anilines is 1. The van der Waals surface area contributed by atoms with Crippen LogP contribution in [-0.4, -0.2) is 24.1 Å². The first kappa shape index (κ1) is 10.4. The fourth-order valence-corrected chi connectivity index (χ4v) is 1.83. The first-order valence-corrected chi connectivity index (χ1v) is 5.44. The van der Waals surface area contributed by atoms with Crippen molar-refractivity contribution in [2.45, 2.75) is 25.3 Å². The van der Waals surface area contributed by atoms with Crippen molar-refractivity contribution >= 4 is 5.82 Å². The molecule has 82 valence electrons. The molecule has 0 radical (unpaired) electrons. The van der Waals surface area contributed by atoms with Gasteiger partial charge in [-0.2, -0.15) is 4.39 Å². The predicted octanol–water partition coefficient (Wildman–Crippen LogP) is 1.77. The van der Waals surface area contributed by atoms with Crippen molar-refractivity contribution in [2.75, 3.05) is 18.4 Å². The summed E-state index contributed by atoms with van der Waals surface area (Å²) < 4.78 is 12.8. The third-order valence-electron chi connectivity index (χ3n) is 2.66. The van der Waals surface area contributed by atoms with Crippen LogP contribution in [0, 0.1) is 5.95 Å². The number of hydrogen-bond acceptors (Lipinski definition) is 3. The fraction of sp³-hybridized carbons (Fsp3) is 0.545. The lowest BCUT2D eigenvalue weighted by atomic mass is 10.1. The van der Waals surface area contributed by atoms with E-state index in [1.165, 1.54) is 25.3 Å². The topological polar surface area (TPSA) is 37.0 Å². The predicted molar refractivity (Wildman–Crippen MR) is 58.3 cm³/mol. The molecule has 1 saturated heterocycles. The van der Waals surface area contributed by atoms with Gasteiger partial charge >= 0.3 is 0 Å². The summed E-state index contributed by atoms with van der Waals surface area (Å²) in [5, 5.41) is 6.56. The molecule has 0 bridgehead atoms. The number of nitrogens with one attached hydrogen (secondary N) is 2. The third kappa shape index (κ3) is 3.16. The van der Waals surface area contributed by atoms with Crippen molar-refractivity contribution in [3.63, 3.8) is 0 Å². The smallest absolute Gasteiger partial charge is 0.214 e. The van der Waals surface area contributed by atoms with Gasteiger partial charge in [0.05, 0.1) is 0 Å². The van der Waals surface area contributed by atoms with Gasteiger partial charge in [-0.3, -0.25) is 0 Å². The van der Waals surface area contributed by atoms with Crippen LogP contribution in [0.5, 0.6) is 0 Å². The largest absolute Gasteiger partial charge is 0.368 e. The van der Waals surface area contributed by atoms with Gasteiger partial charge in [-0.25, -0.2) is 4.98 Å². The van der Waals surface area contributed by atoms with E-state index in [9.17, 15) is 4.39 Å². The second kappa shape index (κ2) is 5.07. The van der Waals surface area contributed by atoms with Crippen molar-refractivity contribution in [1.29, 1.82) is 0 Å². The fourth-order valence-electron chi connectivity index (χ4n) is 1.83. The van der Waals surface area contributed by atoms with E-state index < -0.39 is 5.95 Å². The molecule has 0 amide bonds. The molecule has 0 aromatic carbocycles. The van der Waals surface area contributed by atoms with Gasteiger partial charge in [0.15, 0.2) is 0 Å². The van der Waals surface area contributed by atoms with Gasteiger partial charge in [0, 0.05) is 12.6 Å². The highest BCUT2D eigenvalue weighted by Crippen LogP contribution is 2.08. The van der Waals surface area contributed by atoms with E-state index in [-0.39, 0.29) is 0 Å². The van der Waals surface area contributed by atoms with Gasteiger partial charge in [-0.05, 0) is 31.5 Å². The van der Waals surface area contributed by atoms with E-state index in [0.717, 1.165) is 13.1 Å². The number of rotatable bonds is 3. The normalized spacial score (nSPS) is 21.3. The third-order valence-corrected chi connectivity index (χ3v) is 2.66. The molecule has 0 aliphatic carbocycles. The molecular formula is C11H16FN3. The summed E-state index contributed by atoms with van der Waals surface area (Å²) in [6, 6.07) is 5.29. The van der Waals surface area contributed by atoms with Gasteiger partial charge in [0.2, 0.25) is 5.95 Å². The van der Waals surface area contributed by atoms with Crippen molar-refractivity contribution in [1.82, 2.24) is 10.3 Å². The van der Waals surface area contributed by atoms with Crippen molar-refractivity contribution in [3.8, 4) is 0 Å². The Balaban J connectivity index is 1.81. The monoisotopic (exact) mass is 209 g/mol. The van der Waals surface area contributed by atoms with Crippen LogP contribution in [-0.2, 0) is 0 Å². The minimum absolute atomic E-state index is 0.434. The maximum absolute atomic E-state index is 12.8. The van der Waals surface area contributed by atoms with Crippen molar-refractivity contribution in [2.24, 2.45) is 0 Å². The molecule has 1 aromatic heterocycles. The summed E-state index contributed by atoms with van der Waals surface area (Å²) in [6.07, 6.45) is 3.72. The van der Waals surface area contributed by atoms with E-state index in [2.05, 4.69) is 15.6 Å². The van der Waals surface area contributed by atoms with E-state index in [0.29, 0.717) is 11.9 Å². The summed E-state index contributed by atoms with van der Waals surface area (Å²) in [5.74, 6) is 0.180. The van der Waals surface area contributed by atoms with E-state index >= 15 is 0 Å². The number of nitrogens with zero attached hydrogens (tertiary/aromatic N) is 1. The second-order valence-electron chi connectivity index (χ2n) is 3.87. The van der Waals surface area contributed by atoms with Crippen molar-refractivity contribution < 1.29 is 4.39 Å². The molecule has 1 unspecified atom stereocenters. The summed E-state index contributed by atoms with van der Waals surface area (Å²) in [5.41, 5.74) is 0. The molecule has 1 aromatic rings. The second-order valence-corrected chi connectivity index (χ2v) is 3.87. The SMILES string of the molecule is Fc1cccc(NCC2CCCCN2)n1. The van der Waals surface area contributed by atoms with Gasteiger partial charge in [-0.15, -0.1) is 0 Å². The van der Waals surface area contributed by atoms with Gasteiger partial charge in [0.1, 0.15) is 5.82 Å². The Hall–Kier alpha value is -1.16. The lowest BCUT2D eigenvalue weighted by Crippen LogP contribution is -2.39. The highest BCUT2D eigenvalue weighted by atomic mass is 19.1. The summed E-state index contributed by atoms with van der Waals surface area (Å²) in [6.45, 7) is 1.90. The maximum atomic E-state index is 12.8. The molecule has 0 spiro atoms. The zero-order valence-electron chi connectivity index (χ0n) is 8.67. The number of hydrogen-bond donors (Lipinski definition) is 2. The number of halogens is 1. The molecule has 0 saturated carbocycles. The molecule has 3 nitrogen and oxygen atoms in total. The summed E-state index contributed by atoms with van der Waals surface area (Å²) in [7, 11) is 0. The Morgan fingerprint density at radius 1 is 1.47 bits per heavy atom. The van der Waals surface area contributed by atoms with E-state index in [1.54, 1.807) is 12.1 Å². The maximum Gasteiger partial charge on any atom is 0.214 e. The zero-order chi connectivity index (χ0) is 10.5. The van der Waals surface area contributed by atoms with Crippen LogP contribution in [0.15, 0.2) is 18.2 Å². The average Bonchev–Trinajstić information content (AvgIpc) is 2.28. The molecule has 2 N–H and O–H groups in total. The average molecular weight is 209 g/mol. The van der Waals surface area contributed by atoms with Gasteiger partial charge < -0.3 is 10.6 Å². The van der Waals surface area contributed by atoms with E-state index in [1.807, 2.05) is 0 Å². The lowest BCUT2D eigenvalue weighted by Gasteiger charge is -2.23. The summed E-state index contributed by atoms with van der Waals surface area (Å²) in [4.78, 5) is 3.75. The molecule has 15 heavy (non-hydrogen) atoms. The minimum Gasteiger partial charge on any atom is -0.368 e. The Bertz CT molecular complexity index is 310. The Kier molecular flexibility index (Phi) is 3.50. The molecule has 2 heterocycles. The molecule has 4 heteroatoms. The van der Waals surface area contributed by atoms with E-state index in [4.69, 9.17) is 0 Å².